The zero-order valence-electron chi connectivity index (χ0n) is 14.6. The Morgan fingerprint density at radius 1 is 1.04 bits per heavy atom. The third-order valence-corrected chi connectivity index (χ3v) is 3.81. The van der Waals surface area contributed by atoms with Crippen molar-refractivity contribution in [3.05, 3.63) is 65.2 Å². The SMILES string of the molecule is CCCNC(=O)c1cccc(NC(=O)CCc2ccccc2C(=O)O)c1. The van der Waals surface area contributed by atoms with Crippen LogP contribution in [0.25, 0.3) is 0 Å². The first-order chi connectivity index (χ1) is 12.5. The lowest BCUT2D eigenvalue weighted by Crippen LogP contribution is -2.24. The number of hydrogen-bond donors (Lipinski definition) is 3. The Morgan fingerprint density at radius 2 is 1.81 bits per heavy atom. The monoisotopic (exact) mass is 354 g/mol. The average molecular weight is 354 g/mol. The summed E-state index contributed by atoms with van der Waals surface area (Å²) in [6.07, 6.45) is 1.32. The number of aryl methyl sites for hydroxylation is 1. The van der Waals surface area contributed by atoms with Gasteiger partial charge in [-0.25, -0.2) is 4.79 Å². The molecule has 0 fully saturated rings. The Bertz CT molecular complexity index is 802. The summed E-state index contributed by atoms with van der Waals surface area (Å²) in [6, 6.07) is 13.3. The zero-order valence-corrected chi connectivity index (χ0v) is 14.6. The van der Waals surface area contributed by atoms with Crippen molar-refractivity contribution >= 4 is 23.5 Å². The van der Waals surface area contributed by atoms with E-state index in [0.29, 0.717) is 29.8 Å². The third-order valence-electron chi connectivity index (χ3n) is 3.81. The molecular formula is C20H22N2O4. The Hall–Kier alpha value is -3.15. The summed E-state index contributed by atoms with van der Waals surface area (Å²) in [5, 5.41) is 14.7. The van der Waals surface area contributed by atoms with E-state index in [9.17, 15) is 19.5 Å². The molecule has 0 aliphatic heterocycles. The predicted octanol–water partition coefficient (Wildman–Crippen LogP) is 3.10. The maximum absolute atomic E-state index is 12.2. The lowest BCUT2D eigenvalue weighted by atomic mass is 10.0. The van der Waals surface area contributed by atoms with Crippen molar-refractivity contribution in [2.75, 3.05) is 11.9 Å². The molecule has 0 aromatic heterocycles. The van der Waals surface area contributed by atoms with Crippen LogP contribution in [0.2, 0.25) is 0 Å². The van der Waals surface area contributed by atoms with Gasteiger partial charge in [0.1, 0.15) is 0 Å². The van der Waals surface area contributed by atoms with Gasteiger partial charge in [0.15, 0.2) is 0 Å². The van der Waals surface area contributed by atoms with E-state index >= 15 is 0 Å². The second kappa shape index (κ2) is 9.36. The lowest BCUT2D eigenvalue weighted by Gasteiger charge is -2.09. The largest absolute Gasteiger partial charge is 0.478 e. The van der Waals surface area contributed by atoms with E-state index in [1.165, 1.54) is 6.07 Å². The summed E-state index contributed by atoms with van der Waals surface area (Å²) in [6.45, 7) is 2.57. The summed E-state index contributed by atoms with van der Waals surface area (Å²) in [4.78, 5) is 35.3. The summed E-state index contributed by atoms with van der Waals surface area (Å²) < 4.78 is 0. The van der Waals surface area contributed by atoms with Crippen LogP contribution in [0.3, 0.4) is 0 Å². The average Bonchev–Trinajstić information content (AvgIpc) is 2.64. The first-order valence-electron chi connectivity index (χ1n) is 8.50. The molecule has 0 aliphatic rings. The molecule has 2 amide bonds. The van der Waals surface area contributed by atoms with Crippen LogP contribution in [0, 0.1) is 0 Å². The van der Waals surface area contributed by atoms with Crippen molar-refractivity contribution in [2.24, 2.45) is 0 Å². The second-order valence-corrected chi connectivity index (χ2v) is 5.85. The number of rotatable bonds is 8. The van der Waals surface area contributed by atoms with E-state index in [0.717, 1.165) is 6.42 Å². The number of carbonyl (C=O) groups is 3. The van der Waals surface area contributed by atoms with Gasteiger partial charge in [0, 0.05) is 24.2 Å². The highest BCUT2D eigenvalue weighted by molar-refractivity contribution is 5.97. The van der Waals surface area contributed by atoms with Gasteiger partial charge in [-0.05, 0) is 42.7 Å². The molecule has 0 heterocycles. The fourth-order valence-corrected chi connectivity index (χ4v) is 2.50. The van der Waals surface area contributed by atoms with Crippen molar-refractivity contribution < 1.29 is 19.5 Å². The van der Waals surface area contributed by atoms with Crippen LogP contribution in [-0.2, 0) is 11.2 Å². The Labute approximate surface area is 152 Å². The Kier molecular flexibility index (Phi) is 6.91. The predicted molar refractivity (Wildman–Crippen MR) is 99.4 cm³/mol. The van der Waals surface area contributed by atoms with Gasteiger partial charge in [-0.3, -0.25) is 9.59 Å². The molecule has 0 saturated heterocycles. The van der Waals surface area contributed by atoms with Crippen LogP contribution in [0.1, 0.15) is 46.0 Å². The van der Waals surface area contributed by atoms with Crippen LogP contribution in [0.5, 0.6) is 0 Å². The first-order valence-corrected chi connectivity index (χ1v) is 8.50. The topological polar surface area (TPSA) is 95.5 Å². The fourth-order valence-electron chi connectivity index (χ4n) is 2.50. The molecule has 0 spiro atoms. The van der Waals surface area contributed by atoms with E-state index in [4.69, 9.17) is 0 Å². The highest BCUT2D eigenvalue weighted by atomic mass is 16.4. The molecule has 6 nitrogen and oxygen atoms in total. The van der Waals surface area contributed by atoms with E-state index in [-0.39, 0.29) is 23.8 Å². The van der Waals surface area contributed by atoms with Crippen molar-refractivity contribution in [2.45, 2.75) is 26.2 Å². The van der Waals surface area contributed by atoms with Crippen LogP contribution in [0.15, 0.2) is 48.5 Å². The van der Waals surface area contributed by atoms with E-state index < -0.39 is 5.97 Å². The van der Waals surface area contributed by atoms with Gasteiger partial charge in [-0.1, -0.05) is 31.2 Å². The number of carboxylic acids is 1. The summed E-state index contributed by atoms with van der Waals surface area (Å²) >= 11 is 0. The standard InChI is InChI=1S/C20H22N2O4/c1-2-12-21-19(24)15-7-5-8-16(13-15)22-18(23)11-10-14-6-3-4-9-17(14)20(25)26/h3-9,13H,2,10-12H2,1H3,(H,21,24)(H,22,23)(H,25,26). The van der Waals surface area contributed by atoms with Crippen LogP contribution in [-0.4, -0.2) is 29.4 Å². The number of aromatic carboxylic acids is 1. The lowest BCUT2D eigenvalue weighted by molar-refractivity contribution is -0.116. The summed E-state index contributed by atoms with van der Waals surface area (Å²) in [5.74, 6) is -1.43. The minimum absolute atomic E-state index is 0.149. The van der Waals surface area contributed by atoms with E-state index in [1.54, 1.807) is 42.5 Å². The first kappa shape index (κ1) is 19.2. The number of hydrogen-bond acceptors (Lipinski definition) is 3. The summed E-state index contributed by atoms with van der Waals surface area (Å²) in [5.41, 5.74) is 1.83. The number of nitrogens with one attached hydrogen (secondary N) is 2. The second-order valence-electron chi connectivity index (χ2n) is 5.85. The van der Waals surface area contributed by atoms with Gasteiger partial charge in [0.05, 0.1) is 5.56 Å². The molecule has 0 radical (unpaired) electrons. The van der Waals surface area contributed by atoms with Gasteiger partial charge in [0.25, 0.3) is 5.91 Å². The molecular weight excluding hydrogens is 332 g/mol. The molecule has 2 aromatic carbocycles. The molecule has 0 bridgehead atoms. The van der Waals surface area contributed by atoms with Crippen molar-refractivity contribution in [1.29, 1.82) is 0 Å². The smallest absolute Gasteiger partial charge is 0.335 e. The number of benzene rings is 2. The minimum Gasteiger partial charge on any atom is -0.478 e. The van der Waals surface area contributed by atoms with Crippen LogP contribution in [0.4, 0.5) is 5.69 Å². The van der Waals surface area contributed by atoms with E-state index in [1.807, 2.05) is 6.92 Å². The van der Waals surface area contributed by atoms with Gasteiger partial charge in [-0.2, -0.15) is 0 Å². The molecule has 2 rings (SSSR count). The normalized spacial score (nSPS) is 10.2. The fraction of sp³-hybridized carbons (Fsp3) is 0.250. The molecule has 3 N–H and O–H groups in total. The van der Waals surface area contributed by atoms with Crippen LogP contribution < -0.4 is 10.6 Å². The Balaban J connectivity index is 1.96. The van der Waals surface area contributed by atoms with Gasteiger partial charge >= 0.3 is 5.97 Å². The summed E-state index contributed by atoms with van der Waals surface area (Å²) in [7, 11) is 0. The molecule has 136 valence electrons. The highest BCUT2D eigenvalue weighted by Crippen LogP contribution is 2.14. The molecule has 6 heteroatoms. The van der Waals surface area contributed by atoms with Crippen molar-refractivity contribution in [3.63, 3.8) is 0 Å². The molecule has 0 aliphatic carbocycles. The zero-order chi connectivity index (χ0) is 18.9. The van der Waals surface area contributed by atoms with Crippen molar-refractivity contribution in [3.8, 4) is 0 Å². The minimum atomic E-state index is -1.01. The number of carboxylic acid groups (broad SMARTS) is 1. The Morgan fingerprint density at radius 3 is 2.54 bits per heavy atom. The quantitative estimate of drug-likeness (QED) is 0.679. The maximum Gasteiger partial charge on any atom is 0.335 e. The maximum atomic E-state index is 12.2. The number of anilines is 1. The molecule has 2 aromatic rings. The molecule has 0 saturated carbocycles. The number of amides is 2. The third kappa shape index (κ3) is 5.44. The molecule has 0 unspecified atom stereocenters. The molecule has 0 atom stereocenters. The van der Waals surface area contributed by atoms with Gasteiger partial charge in [0.2, 0.25) is 5.91 Å². The van der Waals surface area contributed by atoms with Crippen LogP contribution >= 0.6 is 0 Å². The van der Waals surface area contributed by atoms with Gasteiger partial charge in [-0.15, -0.1) is 0 Å². The van der Waals surface area contributed by atoms with Gasteiger partial charge < -0.3 is 15.7 Å². The van der Waals surface area contributed by atoms with Crippen molar-refractivity contribution in [1.82, 2.24) is 5.32 Å². The van der Waals surface area contributed by atoms with E-state index in [2.05, 4.69) is 10.6 Å². The highest BCUT2D eigenvalue weighted by Gasteiger charge is 2.11. The number of carbonyl (C=O) groups excluding carboxylic acids is 2. The molecule has 26 heavy (non-hydrogen) atoms.